The lowest BCUT2D eigenvalue weighted by Gasteiger charge is -2.35. The lowest BCUT2D eigenvalue weighted by atomic mass is 9.91. The molecule has 0 spiro atoms. The van der Waals surface area contributed by atoms with Crippen LogP contribution in [0.15, 0.2) is 54.1 Å². The highest BCUT2D eigenvalue weighted by Crippen LogP contribution is 2.43. The van der Waals surface area contributed by atoms with Crippen LogP contribution < -0.4 is 9.47 Å². The first kappa shape index (κ1) is 24.8. The minimum Gasteiger partial charge on any atom is -0.507 e. The largest absolute Gasteiger partial charge is 0.507 e. The highest BCUT2D eigenvalue weighted by molar-refractivity contribution is 6.46. The van der Waals surface area contributed by atoms with E-state index in [2.05, 4.69) is 13.8 Å². The van der Waals surface area contributed by atoms with Crippen molar-refractivity contribution < 1.29 is 24.2 Å². The van der Waals surface area contributed by atoms with E-state index in [0.717, 1.165) is 37.7 Å². The molecule has 0 bridgehead atoms. The Morgan fingerprint density at radius 2 is 1.69 bits per heavy atom. The van der Waals surface area contributed by atoms with E-state index >= 15 is 0 Å². The van der Waals surface area contributed by atoms with Crippen molar-refractivity contribution in [3.05, 3.63) is 65.2 Å². The topological polar surface area (TPSA) is 76.1 Å². The van der Waals surface area contributed by atoms with E-state index < -0.39 is 17.7 Å². The summed E-state index contributed by atoms with van der Waals surface area (Å²) in [6.07, 6.45) is 4.89. The Morgan fingerprint density at radius 3 is 2.37 bits per heavy atom. The Labute approximate surface area is 207 Å². The fourth-order valence-electron chi connectivity index (χ4n) is 5.01. The van der Waals surface area contributed by atoms with Crippen LogP contribution >= 0.6 is 0 Å². The molecule has 0 aromatic heterocycles. The van der Waals surface area contributed by atoms with Gasteiger partial charge >= 0.3 is 0 Å². The van der Waals surface area contributed by atoms with Gasteiger partial charge in [0.2, 0.25) is 0 Å². The molecule has 2 aromatic carbocycles. The van der Waals surface area contributed by atoms with Crippen molar-refractivity contribution in [3.8, 4) is 11.5 Å². The molecule has 1 aliphatic heterocycles. The van der Waals surface area contributed by atoms with Crippen molar-refractivity contribution in [1.29, 1.82) is 0 Å². The van der Waals surface area contributed by atoms with E-state index in [1.165, 1.54) is 0 Å². The highest BCUT2D eigenvalue weighted by atomic mass is 16.5. The molecule has 1 N–H and O–H groups in total. The molecular weight excluding hydrogens is 442 g/mol. The number of rotatable bonds is 8. The van der Waals surface area contributed by atoms with Crippen molar-refractivity contribution in [3.63, 3.8) is 0 Å². The molecule has 1 heterocycles. The molecule has 6 heteroatoms. The normalized spacial score (nSPS) is 20.5. The molecule has 1 amide bonds. The van der Waals surface area contributed by atoms with Gasteiger partial charge in [0, 0.05) is 11.6 Å². The van der Waals surface area contributed by atoms with Crippen LogP contribution in [0.2, 0.25) is 0 Å². The van der Waals surface area contributed by atoms with Crippen LogP contribution in [0.3, 0.4) is 0 Å². The summed E-state index contributed by atoms with van der Waals surface area (Å²) in [4.78, 5) is 28.5. The number of Topliss-reactive ketones (excluding diaryl/α,β-unsaturated/α-hetero) is 1. The van der Waals surface area contributed by atoms with E-state index in [1.807, 2.05) is 37.3 Å². The van der Waals surface area contributed by atoms with Crippen LogP contribution in [0, 0.1) is 5.92 Å². The molecule has 1 atom stereocenters. The van der Waals surface area contributed by atoms with Crippen molar-refractivity contribution in [2.75, 3.05) is 13.2 Å². The van der Waals surface area contributed by atoms with E-state index in [9.17, 15) is 14.7 Å². The van der Waals surface area contributed by atoms with Gasteiger partial charge in [0.25, 0.3) is 11.7 Å². The minimum absolute atomic E-state index is 0.0352. The maximum absolute atomic E-state index is 13.4. The third-order valence-electron chi connectivity index (χ3n) is 6.62. The Balaban J connectivity index is 1.81. The van der Waals surface area contributed by atoms with E-state index in [1.54, 1.807) is 23.1 Å². The Bertz CT molecular complexity index is 1100. The molecule has 4 rings (SSSR count). The molecule has 35 heavy (non-hydrogen) atoms. The lowest BCUT2D eigenvalue weighted by Crippen LogP contribution is -2.40. The summed E-state index contributed by atoms with van der Waals surface area (Å²) >= 11 is 0. The van der Waals surface area contributed by atoms with Crippen LogP contribution in [0.4, 0.5) is 0 Å². The zero-order valence-corrected chi connectivity index (χ0v) is 20.8. The van der Waals surface area contributed by atoms with Crippen LogP contribution in [0.1, 0.15) is 70.0 Å². The fourth-order valence-corrected chi connectivity index (χ4v) is 5.01. The van der Waals surface area contributed by atoms with Crippen LogP contribution in [0.5, 0.6) is 11.5 Å². The number of benzene rings is 2. The quantitative estimate of drug-likeness (QED) is 0.292. The molecule has 2 fully saturated rings. The number of hydrogen-bond acceptors (Lipinski definition) is 5. The van der Waals surface area contributed by atoms with Gasteiger partial charge in [-0.15, -0.1) is 0 Å². The molecule has 1 saturated carbocycles. The first-order chi connectivity index (χ1) is 16.9. The smallest absolute Gasteiger partial charge is 0.295 e. The number of hydrogen-bond donors (Lipinski definition) is 1. The van der Waals surface area contributed by atoms with Gasteiger partial charge in [-0.2, -0.15) is 0 Å². The number of aliphatic hydroxyl groups is 1. The van der Waals surface area contributed by atoms with Gasteiger partial charge in [-0.05, 0) is 55.5 Å². The van der Waals surface area contributed by atoms with Crippen molar-refractivity contribution in [1.82, 2.24) is 4.90 Å². The van der Waals surface area contributed by atoms with Gasteiger partial charge in [0.15, 0.2) is 0 Å². The van der Waals surface area contributed by atoms with E-state index in [0.29, 0.717) is 36.2 Å². The van der Waals surface area contributed by atoms with Gasteiger partial charge < -0.3 is 19.5 Å². The summed E-state index contributed by atoms with van der Waals surface area (Å²) in [6.45, 7) is 7.09. The average Bonchev–Trinajstić information content (AvgIpc) is 3.13. The third-order valence-corrected chi connectivity index (χ3v) is 6.62. The molecule has 0 radical (unpaired) electrons. The molecule has 1 aliphatic carbocycles. The zero-order chi connectivity index (χ0) is 24.9. The van der Waals surface area contributed by atoms with Crippen molar-refractivity contribution in [2.45, 2.75) is 65.0 Å². The zero-order valence-electron chi connectivity index (χ0n) is 20.8. The van der Waals surface area contributed by atoms with Crippen molar-refractivity contribution >= 4 is 17.4 Å². The van der Waals surface area contributed by atoms with Crippen LogP contribution in [-0.4, -0.2) is 41.0 Å². The second-order valence-corrected chi connectivity index (χ2v) is 9.74. The minimum atomic E-state index is -0.668. The number of amides is 1. The van der Waals surface area contributed by atoms with E-state index in [4.69, 9.17) is 9.47 Å². The Kier molecular flexibility index (Phi) is 7.79. The number of carbonyl (C=O) groups is 2. The Morgan fingerprint density at radius 1 is 1.00 bits per heavy atom. The molecule has 6 nitrogen and oxygen atoms in total. The maximum Gasteiger partial charge on any atom is 0.295 e. The maximum atomic E-state index is 13.4. The summed E-state index contributed by atoms with van der Waals surface area (Å²) in [6, 6.07) is 13.8. The molecule has 186 valence electrons. The summed E-state index contributed by atoms with van der Waals surface area (Å²) in [5.74, 6) is 0.266. The van der Waals surface area contributed by atoms with Crippen molar-refractivity contribution in [2.24, 2.45) is 5.92 Å². The van der Waals surface area contributed by atoms with Crippen LogP contribution in [0.25, 0.3) is 5.76 Å². The SMILES string of the molecule is CCOc1cccc(C2/C(=C(/O)c3cccc(OCC(C)C)c3)C(=O)C(=O)N2C2CCCCC2)c1. The molecule has 1 saturated heterocycles. The standard InChI is InChI=1S/C29H35NO5/c1-4-34-23-14-8-10-20(16-23)26-25(28(32)29(33)30(26)22-12-6-5-7-13-22)27(31)21-11-9-15-24(17-21)35-18-19(2)3/h8-11,14-17,19,22,26,31H,4-7,12-13,18H2,1-3H3/b27-25-. The van der Waals surface area contributed by atoms with Crippen LogP contribution in [-0.2, 0) is 9.59 Å². The second-order valence-electron chi connectivity index (χ2n) is 9.74. The summed E-state index contributed by atoms with van der Waals surface area (Å²) < 4.78 is 11.5. The summed E-state index contributed by atoms with van der Waals surface area (Å²) in [7, 11) is 0. The first-order valence-electron chi connectivity index (χ1n) is 12.7. The number of carbonyl (C=O) groups excluding carboxylic acids is 2. The summed E-state index contributed by atoms with van der Waals surface area (Å²) in [5.41, 5.74) is 1.34. The number of aliphatic hydroxyl groups excluding tert-OH is 1. The average molecular weight is 478 g/mol. The number of likely N-dealkylation sites (tertiary alicyclic amines) is 1. The van der Waals surface area contributed by atoms with Gasteiger partial charge in [-0.25, -0.2) is 0 Å². The predicted octanol–water partition coefficient (Wildman–Crippen LogP) is 5.87. The highest BCUT2D eigenvalue weighted by Gasteiger charge is 2.49. The van der Waals surface area contributed by atoms with E-state index in [-0.39, 0.29) is 17.4 Å². The fraction of sp³-hybridized carbons (Fsp3) is 0.448. The molecule has 1 unspecified atom stereocenters. The number of ketones is 1. The molecule has 2 aromatic rings. The monoisotopic (exact) mass is 477 g/mol. The van der Waals surface area contributed by atoms with Gasteiger partial charge in [-0.3, -0.25) is 9.59 Å². The second kappa shape index (κ2) is 11.0. The lowest BCUT2D eigenvalue weighted by molar-refractivity contribution is -0.141. The van der Waals surface area contributed by atoms with Gasteiger partial charge in [0.1, 0.15) is 17.3 Å². The number of nitrogens with zero attached hydrogens (tertiary/aromatic N) is 1. The first-order valence-corrected chi connectivity index (χ1v) is 12.7. The third kappa shape index (κ3) is 5.37. The summed E-state index contributed by atoms with van der Waals surface area (Å²) in [5, 5.41) is 11.4. The Hall–Kier alpha value is -3.28. The van der Waals surface area contributed by atoms with Gasteiger partial charge in [0.05, 0.1) is 24.8 Å². The molecular formula is C29H35NO5. The number of ether oxygens (including phenoxy) is 2. The predicted molar refractivity (Wildman–Crippen MR) is 135 cm³/mol. The van der Waals surface area contributed by atoms with Gasteiger partial charge in [-0.1, -0.05) is 57.4 Å². The molecule has 2 aliphatic rings.